The molecule has 0 radical (unpaired) electrons. The van der Waals surface area contributed by atoms with Crippen molar-refractivity contribution in [2.24, 2.45) is 0 Å². The molecule has 0 aliphatic heterocycles. The molecule has 0 bridgehead atoms. The summed E-state index contributed by atoms with van der Waals surface area (Å²) < 4.78 is 0. The number of benzene rings is 1. The third-order valence-corrected chi connectivity index (χ3v) is 3.26. The first-order valence-corrected chi connectivity index (χ1v) is 7.08. The maximum Gasteiger partial charge on any atom is 0.319 e. The fourth-order valence-corrected chi connectivity index (χ4v) is 1.96. The Kier molecular flexibility index (Phi) is 4.62. The van der Waals surface area contributed by atoms with Crippen LogP contribution in [0.1, 0.15) is 31.9 Å². The maximum atomic E-state index is 11.8. The Balaban J connectivity index is 1.79. The number of hydrogen-bond acceptors (Lipinski definition) is 2. The summed E-state index contributed by atoms with van der Waals surface area (Å²) in [6.45, 7) is 7.07. The summed E-state index contributed by atoms with van der Waals surface area (Å²) >= 11 is 0. The molecule has 0 aliphatic rings. The van der Waals surface area contributed by atoms with Crippen molar-refractivity contribution in [1.29, 1.82) is 0 Å². The van der Waals surface area contributed by atoms with E-state index in [4.69, 9.17) is 0 Å². The van der Waals surface area contributed by atoms with Crippen LogP contribution < -0.4 is 10.6 Å². The van der Waals surface area contributed by atoms with Crippen molar-refractivity contribution in [3.8, 4) is 0 Å². The monoisotopic (exact) mass is 286 g/mol. The summed E-state index contributed by atoms with van der Waals surface area (Å²) in [5.74, 6) is 0. The van der Waals surface area contributed by atoms with Gasteiger partial charge in [0.2, 0.25) is 0 Å². The number of aromatic nitrogens is 2. The minimum Gasteiger partial charge on any atom is -0.338 e. The second kappa shape index (κ2) is 6.43. The number of hydrogen-bond donors (Lipinski definition) is 3. The van der Waals surface area contributed by atoms with Gasteiger partial charge in [-0.25, -0.2) is 4.79 Å². The highest BCUT2D eigenvalue weighted by molar-refractivity contribution is 5.89. The first kappa shape index (κ1) is 15.1. The van der Waals surface area contributed by atoms with Gasteiger partial charge in [-0.05, 0) is 35.1 Å². The largest absolute Gasteiger partial charge is 0.338 e. The summed E-state index contributed by atoms with van der Waals surface area (Å²) in [6, 6.07) is 7.75. The first-order valence-electron chi connectivity index (χ1n) is 7.08. The molecule has 0 fully saturated rings. The van der Waals surface area contributed by atoms with Gasteiger partial charge < -0.3 is 10.6 Å². The molecule has 0 saturated carbocycles. The summed E-state index contributed by atoms with van der Waals surface area (Å²) in [4.78, 5) is 11.8. The lowest BCUT2D eigenvalue weighted by molar-refractivity contribution is 0.252. The van der Waals surface area contributed by atoms with E-state index in [9.17, 15) is 4.79 Å². The molecule has 112 valence electrons. The Morgan fingerprint density at radius 2 is 1.95 bits per heavy atom. The summed E-state index contributed by atoms with van der Waals surface area (Å²) in [5.41, 5.74) is 3.23. The van der Waals surface area contributed by atoms with Crippen LogP contribution in [-0.2, 0) is 11.8 Å². The molecular weight excluding hydrogens is 264 g/mol. The van der Waals surface area contributed by atoms with E-state index < -0.39 is 0 Å². The van der Waals surface area contributed by atoms with E-state index in [0.29, 0.717) is 6.54 Å². The third kappa shape index (κ3) is 4.63. The van der Waals surface area contributed by atoms with Crippen molar-refractivity contribution in [1.82, 2.24) is 15.5 Å². The molecule has 2 rings (SSSR count). The zero-order chi connectivity index (χ0) is 15.3. The number of amides is 2. The molecule has 1 heterocycles. The predicted molar refractivity (Wildman–Crippen MR) is 84.5 cm³/mol. The molecule has 0 atom stereocenters. The number of carbonyl (C=O) groups is 1. The van der Waals surface area contributed by atoms with E-state index in [1.165, 1.54) is 5.56 Å². The Hall–Kier alpha value is -2.30. The van der Waals surface area contributed by atoms with Gasteiger partial charge in [-0.2, -0.15) is 5.10 Å². The normalized spacial score (nSPS) is 11.2. The molecule has 0 saturated heterocycles. The van der Waals surface area contributed by atoms with E-state index in [1.54, 1.807) is 6.20 Å². The van der Waals surface area contributed by atoms with Crippen molar-refractivity contribution in [2.45, 2.75) is 32.6 Å². The number of H-pyrrole nitrogens is 1. The highest BCUT2D eigenvalue weighted by atomic mass is 16.2. The number of carbonyl (C=O) groups excluding carboxylic acids is 1. The minimum absolute atomic E-state index is 0.116. The van der Waals surface area contributed by atoms with Crippen LogP contribution in [0, 0.1) is 0 Å². The molecule has 0 spiro atoms. The van der Waals surface area contributed by atoms with Gasteiger partial charge in [-0.15, -0.1) is 0 Å². The molecule has 5 nitrogen and oxygen atoms in total. The SMILES string of the molecule is CC(C)(C)c1ccc(NC(=O)NCCc2cn[nH]c2)cc1. The van der Waals surface area contributed by atoms with Crippen LogP contribution in [0.15, 0.2) is 36.7 Å². The molecule has 1 aromatic carbocycles. The lowest BCUT2D eigenvalue weighted by atomic mass is 9.87. The van der Waals surface area contributed by atoms with E-state index in [1.807, 2.05) is 30.5 Å². The van der Waals surface area contributed by atoms with Gasteiger partial charge in [0.1, 0.15) is 0 Å². The fraction of sp³-hybridized carbons (Fsp3) is 0.375. The van der Waals surface area contributed by atoms with Crippen molar-refractivity contribution >= 4 is 11.7 Å². The lowest BCUT2D eigenvalue weighted by Gasteiger charge is -2.19. The second-order valence-electron chi connectivity index (χ2n) is 6.06. The molecule has 2 amide bonds. The molecule has 3 N–H and O–H groups in total. The molecule has 0 unspecified atom stereocenters. The molecular formula is C16H22N4O. The van der Waals surface area contributed by atoms with Gasteiger partial charge in [0, 0.05) is 18.4 Å². The van der Waals surface area contributed by atoms with Gasteiger partial charge in [0.05, 0.1) is 6.20 Å². The van der Waals surface area contributed by atoms with Crippen molar-refractivity contribution in [3.05, 3.63) is 47.8 Å². The topological polar surface area (TPSA) is 69.8 Å². The lowest BCUT2D eigenvalue weighted by Crippen LogP contribution is -2.30. The number of anilines is 1. The van der Waals surface area contributed by atoms with Crippen molar-refractivity contribution in [3.63, 3.8) is 0 Å². The zero-order valence-corrected chi connectivity index (χ0v) is 12.7. The number of aromatic amines is 1. The van der Waals surface area contributed by atoms with E-state index in [0.717, 1.165) is 17.7 Å². The molecule has 2 aromatic rings. The second-order valence-corrected chi connectivity index (χ2v) is 6.06. The fourth-order valence-electron chi connectivity index (χ4n) is 1.96. The summed E-state index contributed by atoms with van der Waals surface area (Å²) in [5, 5.41) is 12.3. The molecule has 21 heavy (non-hydrogen) atoms. The minimum atomic E-state index is -0.193. The number of nitrogens with one attached hydrogen (secondary N) is 3. The van der Waals surface area contributed by atoms with Gasteiger partial charge in [-0.3, -0.25) is 5.10 Å². The number of nitrogens with zero attached hydrogens (tertiary/aromatic N) is 1. The molecule has 0 aliphatic carbocycles. The third-order valence-electron chi connectivity index (χ3n) is 3.26. The van der Waals surface area contributed by atoms with E-state index in [-0.39, 0.29) is 11.4 Å². The Morgan fingerprint density at radius 3 is 2.52 bits per heavy atom. The average molecular weight is 286 g/mol. The summed E-state index contributed by atoms with van der Waals surface area (Å²) in [6.07, 6.45) is 4.34. The highest BCUT2D eigenvalue weighted by Crippen LogP contribution is 2.23. The van der Waals surface area contributed by atoms with Crippen LogP contribution in [0.2, 0.25) is 0 Å². The van der Waals surface area contributed by atoms with Crippen LogP contribution in [0.3, 0.4) is 0 Å². The van der Waals surface area contributed by atoms with Gasteiger partial charge in [-0.1, -0.05) is 32.9 Å². The van der Waals surface area contributed by atoms with Crippen LogP contribution >= 0.6 is 0 Å². The van der Waals surface area contributed by atoms with Gasteiger partial charge in [0.15, 0.2) is 0 Å². The van der Waals surface area contributed by atoms with E-state index in [2.05, 4.69) is 41.6 Å². The Labute approximate surface area is 125 Å². The van der Waals surface area contributed by atoms with Crippen LogP contribution in [0.4, 0.5) is 10.5 Å². The molecule has 5 heteroatoms. The van der Waals surface area contributed by atoms with Crippen LogP contribution in [0.25, 0.3) is 0 Å². The summed E-state index contributed by atoms with van der Waals surface area (Å²) in [7, 11) is 0. The Bertz CT molecular complexity index is 567. The van der Waals surface area contributed by atoms with Gasteiger partial charge in [0.25, 0.3) is 0 Å². The number of urea groups is 1. The van der Waals surface area contributed by atoms with Crippen LogP contribution in [-0.4, -0.2) is 22.8 Å². The highest BCUT2D eigenvalue weighted by Gasteiger charge is 2.13. The van der Waals surface area contributed by atoms with Crippen LogP contribution in [0.5, 0.6) is 0 Å². The quantitative estimate of drug-likeness (QED) is 0.808. The van der Waals surface area contributed by atoms with E-state index >= 15 is 0 Å². The van der Waals surface area contributed by atoms with Crippen molar-refractivity contribution < 1.29 is 4.79 Å². The maximum absolute atomic E-state index is 11.8. The van der Waals surface area contributed by atoms with Crippen molar-refractivity contribution in [2.75, 3.05) is 11.9 Å². The average Bonchev–Trinajstić information content (AvgIpc) is 2.91. The Morgan fingerprint density at radius 1 is 1.24 bits per heavy atom. The number of rotatable bonds is 4. The smallest absolute Gasteiger partial charge is 0.319 e. The first-order chi connectivity index (χ1) is 9.95. The molecule has 1 aromatic heterocycles. The standard InChI is InChI=1S/C16H22N4O/c1-16(2,3)13-4-6-14(7-5-13)20-15(21)17-9-8-12-10-18-19-11-12/h4-7,10-11H,8-9H2,1-3H3,(H,18,19)(H2,17,20,21). The zero-order valence-electron chi connectivity index (χ0n) is 12.7. The van der Waals surface area contributed by atoms with Gasteiger partial charge >= 0.3 is 6.03 Å². The predicted octanol–water partition coefficient (Wildman–Crippen LogP) is 3.07.